The molecule has 0 aliphatic rings. The zero-order valence-electron chi connectivity index (χ0n) is 9.32. The number of carbonyl (C=O) groups is 1. The van der Waals surface area contributed by atoms with E-state index >= 15 is 0 Å². The van der Waals surface area contributed by atoms with Crippen LogP contribution >= 0.6 is 10.7 Å². The molecule has 5 heteroatoms. The predicted octanol–water partition coefficient (Wildman–Crippen LogP) is 2.69. The van der Waals surface area contributed by atoms with Crippen molar-refractivity contribution in [2.75, 3.05) is 0 Å². The van der Waals surface area contributed by atoms with Crippen molar-refractivity contribution < 1.29 is 13.2 Å². The van der Waals surface area contributed by atoms with Gasteiger partial charge < -0.3 is 0 Å². The molecular weight excluding hydrogens is 248 g/mol. The normalized spacial score (nSPS) is 12.5. The zero-order chi connectivity index (χ0) is 12.6. The van der Waals surface area contributed by atoms with E-state index in [1.54, 1.807) is 12.1 Å². The molecule has 1 aromatic rings. The van der Waals surface area contributed by atoms with Crippen LogP contribution < -0.4 is 0 Å². The Hall–Kier alpha value is -0.870. The lowest BCUT2D eigenvalue weighted by Gasteiger charge is -2.18. The van der Waals surface area contributed by atoms with Gasteiger partial charge in [-0.25, -0.2) is 8.42 Å². The van der Waals surface area contributed by atoms with Gasteiger partial charge in [0.15, 0.2) is 0 Å². The smallest absolute Gasteiger partial charge is 0.275 e. The van der Waals surface area contributed by atoms with E-state index in [1.165, 1.54) is 12.1 Å². The molecule has 0 heterocycles. The largest absolute Gasteiger partial charge is 0.299 e. The Bertz CT molecular complexity index is 495. The van der Waals surface area contributed by atoms with E-state index in [1.807, 2.05) is 20.8 Å². The number of rotatable bonds is 1. The number of halogens is 1. The molecule has 0 atom stereocenters. The Morgan fingerprint density at radius 2 is 1.56 bits per heavy atom. The third-order valence-corrected chi connectivity index (χ3v) is 3.31. The van der Waals surface area contributed by atoms with Crippen molar-refractivity contribution in [3.63, 3.8) is 0 Å². The maximum Gasteiger partial charge on any atom is 0.299 e. The Morgan fingerprint density at radius 1 is 1.12 bits per heavy atom. The van der Waals surface area contributed by atoms with Crippen molar-refractivity contribution in [3.05, 3.63) is 35.4 Å². The first kappa shape index (κ1) is 13.2. The monoisotopic (exact) mass is 260 g/mol. The fourth-order valence-corrected chi connectivity index (χ4v) is 1.93. The van der Waals surface area contributed by atoms with Crippen molar-refractivity contribution in [1.82, 2.24) is 0 Å². The summed E-state index contributed by atoms with van der Waals surface area (Å²) in [7, 11) is 0.800. The van der Waals surface area contributed by atoms with Crippen LogP contribution in [-0.4, -0.2) is 13.5 Å². The minimum absolute atomic E-state index is 0.0403. The van der Waals surface area contributed by atoms with Crippen LogP contribution in [0.2, 0.25) is 0 Å². The van der Waals surface area contributed by atoms with E-state index in [-0.39, 0.29) is 11.0 Å². The SMILES string of the molecule is CC(C)(C)c1ccc(C(=O)S(=O)(=O)Cl)cc1. The lowest BCUT2D eigenvalue weighted by Crippen LogP contribution is -2.12. The van der Waals surface area contributed by atoms with Gasteiger partial charge in [0.2, 0.25) is 0 Å². The van der Waals surface area contributed by atoms with E-state index in [4.69, 9.17) is 10.7 Å². The van der Waals surface area contributed by atoms with Crippen LogP contribution in [0.1, 0.15) is 36.7 Å². The molecule has 0 bridgehead atoms. The molecule has 0 saturated carbocycles. The van der Waals surface area contributed by atoms with Crippen LogP contribution in [0.15, 0.2) is 24.3 Å². The molecule has 0 unspecified atom stereocenters. The standard InChI is InChI=1S/C11H13ClO3S/c1-11(2,3)9-6-4-8(5-7-9)10(13)16(12,14)15/h4-7H,1-3H3. The van der Waals surface area contributed by atoms with Crippen molar-refractivity contribution in [2.24, 2.45) is 0 Å². The molecule has 0 aliphatic heterocycles. The molecule has 0 aromatic heterocycles. The van der Waals surface area contributed by atoms with Gasteiger partial charge in [0.1, 0.15) is 0 Å². The number of benzene rings is 1. The summed E-state index contributed by atoms with van der Waals surface area (Å²) in [6, 6.07) is 6.41. The maximum absolute atomic E-state index is 11.3. The van der Waals surface area contributed by atoms with E-state index in [2.05, 4.69) is 0 Å². The first-order valence-electron chi connectivity index (χ1n) is 4.72. The topological polar surface area (TPSA) is 51.2 Å². The Kier molecular flexibility index (Phi) is 3.45. The zero-order valence-corrected chi connectivity index (χ0v) is 10.9. The number of hydrogen-bond acceptors (Lipinski definition) is 3. The minimum atomic E-state index is -4.17. The average molecular weight is 261 g/mol. The highest BCUT2D eigenvalue weighted by atomic mass is 35.7. The molecule has 1 aromatic carbocycles. The fraction of sp³-hybridized carbons (Fsp3) is 0.364. The molecular formula is C11H13ClO3S. The Labute approximate surface area is 99.9 Å². The molecule has 0 saturated heterocycles. The van der Waals surface area contributed by atoms with Crippen molar-refractivity contribution in [2.45, 2.75) is 26.2 Å². The third kappa shape index (κ3) is 3.06. The third-order valence-electron chi connectivity index (χ3n) is 2.21. The van der Waals surface area contributed by atoms with Gasteiger partial charge in [-0.3, -0.25) is 4.79 Å². The second-order valence-electron chi connectivity index (χ2n) is 4.55. The summed E-state index contributed by atoms with van der Waals surface area (Å²) in [5, 5.41) is -1.06. The summed E-state index contributed by atoms with van der Waals surface area (Å²) in [6.07, 6.45) is 0. The van der Waals surface area contributed by atoms with E-state index in [9.17, 15) is 13.2 Å². The van der Waals surface area contributed by atoms with Crippen LogP contribution in [0.5, 0.6) is 0 Å². The van der Waals surface area contributed by atoms with Gasteiger partial charge in [-0.05, 0) is 23.1 Å². The van der Waals surface area contributed by atoms with Gasteiger partial charge in [0, 0.05) is 16.2 Å². The van der Waals surface area contributed by atoms with Crippen molar-refractivity contribution in [1.29, 1.82) is 0 Å². The molecule has 88 valence electrons. The van der Waals surface area contributed by atoms with Crippen LogP contribution in [0.25, 0.3) is 0 Å². The Morgan fingerprint density at radius 3 is 1.88 bits per heavy atom. The molecule has 0 amide bonds. The highest BCUT2D eigenvalue weighted by molar-refractivity contribution is 8.25. The van der Waals surface area contributed by atoms with Crippen molar-refractivity contribution >= 4 is 24.8 Å². The first-order chi connectivity index (χ1) is 7.12. The van der Waals surface area contributed by atoms with Gasteiger partial charge in [0.05, 0.1) is 0 Å². The highest BCUT2D eigenvalue weighted by Gasteiger charge is 2.21. The minimum Gasteiger partial charge on any atom is -0.275 e. The Balaban J connectivity index is 3.10. The van der Waals surface area contributed by atoms with E-state index in [0.29, 0.717) is 0 Å². The lowest BCUT2D eigenvalue weighted by atomic mass is 9.87. The highest BCUT2D eigenvalue weighted by Crippen LogP contribution is 2.22. The average Bonchev–Trinajstić information content (AvgIpc) is 2.14. The predicted molar refractivity (Wildman–Crippen MR) is 64.2 cm³/mol. The van der Waals surface area contributed by atoms with Crippen LogP contribution in [0.3, 0.4) is 0 Å². The molecule has 0 aliphatic carbocycles. The van der Waals surface area contributed by atoms with Gasteiger partial charge in [-0.1, -0.05) is 32.9 Å². The summed E-state index contributed by atoms with van der Waals surface area (Å²) in [5.74, 6) is 0. The van der Waals surface area contributed by atoms with Crippen LogP contribution in [-0.2, 0) is 14.5 Å². The molecule has 1 rings (SSSR count). The number of carbonyl (C=O) groups excluding carboxylic acids is 1. The molecule has 0 fully saturated rings. The second kappa shape index (κ2) is 4.18. The second-order valence-corrected chi connectivity index (χ2v) is 7.02. The summed E-state index contributed by atoms with van der Waals surface area (Å²) in [4.78, 5) is 11.3. The van der Waals surface area contributed by atoms with Gasteiger partial charge >= 0.3 is 0 Å². The lowest BCUT2D eigenvalue weighted by molar-refractivity contribution is 0.107. The van der Waals surface area contributed by atoms with Gasteiger partial charge in [-0.2, -0.15) is 0 Å². The maximum atomic E-state index is 11.3. The first-order valence-corrected chi connectivity index (χ1v) is 7.03. The van der Waals surface area contributed by atoms with Crippen LogP contribution in [0.4, 0.5) is 0 Å². The van der Waals surface area contributed by atoms with Crippen LogP contribution in [0, 0.1) is 0 Å². The quantitative estimate of drug-likeness (QED) is 0.730. The van der Waals surface area contributed by atoms with Gasteiger partial charge in [0.25, 0.3) is 14.2 Å². The molecule has 3 nitrogen and oxygen atoms in total. The molecule has 16 heavy (non-hydrogen) atoms. The summed E-state index contributed by atoms with van der Waals surface area (Å²) in [6.45, 7) is 6.09. The van der Waals surface area contributed by atoms with Crippen molar-refractivity contribution in [3.8, 4) is 0 Å². The summed E-state index contributed by atoms with van der Waals surface area (Å²) in [5.41, 5.74) is 1.07. The molecule has 0 spiro atoms. The molecule has 0 radical (unpaired) electrons. The fourth-order valence-electron chi connectivity index (χ4n) is 1.25. The molecule has 0 N–H and O–H groups in total. The summed E-state index contributed by atoms with van der Waals surface area (Å²) >= 11 is 0. The summed E-state index contributed by atoms with van der Waals surface area (Å²) < 4.78 is 21.7. The van der Waals surface area contributed by atoms with E-state index in [0.717, 1.165) is 5.56 Å². The van der Waals surface area contributed by atoms with E-state index < -0.39 is 14.2 Å². The van der Waals surface area contributed by atoms with Gasteiger partial charge in [-0.15, -0.1) is 0 Å². The number of hydrogen-bond donors (Lipinski definition) is 0.